The molecule has 6 nitrogen and oxygen atoms in total. The lowest BCUT2D eigenvalue weighted by Crippen LogP contribution is -2.31. The minimum absolute atomic E-state index is 0.0525. The van der Waals surface area contributed by atoms with Crippen LogP contribution in [-0.4, -0.2) is 30.8 Å². The van der Waals surface area contributed by atoms with Crippen LogP contribution in [0.15, 0.2) is 18.2 Å². The van der Waals surface area contributed by atoms with E-state index in [2.05, 4.69) is 5.32 Å². The predicted octanol–water partition coefficient (Wildman–Crippen LogP) is 3.38. The lowest BCUT2D eigenvalue weighted by molar-refractivity contribution is -0.145. The Morgan fingerprint density at radius 2 is 1.35 bits per heavy atom. The number of nitrogens with one attached hydrogen (secondary N) is 1. The topological polar surface area (TPSA) is 81.7 Å². The zero-order chi connectivity index (χ0) is 20.3. The maximum atomic E-state index is 12.4. The van der Waals surface area contributed by atoms with E-state index in [1.807, 2.05) is 0 Å². The quantitative estimate of drug-likeness (QED) is 0.491. The number of esters is 2. The first kappa shape index (κ1) is 21.8. The average Bonchev–Trinajstić information content (AvgIpc) is 2.52. The summed E-state index contributed by atoms with van der Waals surface area (Å²) in [7, 11) is 1.68. The highest BCUT2D eigenvalue weighted by Gasteiger charge is 2.29. The number of Topliss-reactive ketones (excluding diaryl/α,β-unsaturated/α-hetero) is 1. The number of ether oxygens (including phenoxy) is 2. The number of rotatable bonds is 5. The Bertz CT molecular complexity index is 695. The van der Waals surface area contributed by atoms with Crippen LogP contribution in [-0.2, 0) is 9.59 Å². The molecule has 0 saturated carbocycles. The van der Waals surface area contributed by atoms with Gasteiger partial charge in [0.05, 0.1) is 16.9 Å². The maximum Gasteiger partial charge on any atom is 0.316 e. The molecule has 0 heterocycles. The van der Waals surface area contributed by atoms with Crippen LogP contribution in [0.4, 0.5) is 0 Å². The average molecular weight is 363 g/mol. The second-order valence-electron chi connectivity index (χ2n) is 8.32. The van der Waals surface area contributed by atoms with E-state index in [0.29, 0.717) is 5.56 Å². The third-order valence-corrected chi connectivity index (χ3v) is 3.68. The zero-order valence-corrected chi connectivity index (χ0v) is 16.9. The molecule has 0 aliphatic rings. The van der Waals surface area contributed by atoms with Gasteiger partial charge in [0.25, 0.3) is 0 Å². The molecule has 1 N–H and O–H groups in total. The summed E-state index contributed by atoms with van der Waals surface area (Å²) in [6.45, 7) is 12.1. The van der Waals surface area contributed by atoms with E-state index in [1.54, 1.807) is 61.6 Å². The van der Waals surface area contributed by atoms with Crippen molar-refractivity contribution >= 4 is 17.7 Å². The highest BCUT2D eigenvalue weighted by molar-refractivity contribution is 6.00. The van der Waals surface area contributed by atoms with Gasteiger partial charge < -0.3 is 14.8 Å². The van der Waals surface area contributed by atoms with Gasteiger partial charge in [-0.1, -0.05) is 0 Å². The lowest BCUT2D eigenvalue weighted by Gasteiger charge is -2.21. The molecule has 0 spiro atoms. The second-order valence-corrected chi connectivity index (χ2v) is 8.32. The van der Waals surface area contributed by atoms with Gasteiger partial charge in [-0.2, -0.15) is 0 Å². The van der Waals surface area contributed by atoms with Crippen LogP contribution in [0, 0.1) is 10.8 Å². The fourth-order valence-electron chi connectivity index (χ4n) is 1.71. The number of benzene rings is 1. The molecule has 26 heavy (non-hydrogen) atoms. The van der Waals surface area contributed by atoms with Crippen molar-refractivity contribution in [2.45, 2.75) is 54.5 Å². The molecule has 0 bridgehead atoms. The molecule has 1 aromatic carbocycles. The van der Waals surface area contributed by atoms with Crippen molar-refractivity contribution < 1.29 is 23.9 Å². The number of carbonyl (C=O) groups excluding carboxylic acids is 3. The Hall–Kier alpha value is -2.21. The Balaban J connectivity index is 3.30. The highest BCUT2D eigenvalue weighted by atomic mass is 16.6. The normalized spacial score (nSPS) is 13.1. The summed E-state index contributed by atoms with van der Waals surface area (Å²) in [5.74, 6) is -0.952. The summed E-state index contributed by atoms with van der Waals surface area (Å²) in [6.07, 6.45) is 0. The van der Waals surface area contributed by atoms with Gasteiger partial charge in [0.1, 0.15) is 0 Å². The van der Waals surface area contributed by atoms with E-state index in [-0.39, 0.29) is 17.3 Å². The van der Waals surface area contributed by atoms with E-state index in [0.717, 1.165) is 0 Å². The van der Waals surface area contributed by atoms with E-state index in [9.17, 15) is 14.4 Å². The molecule has 144 valence electrons. The van der Waals surface area contributed by atoms with Gasteiger partial charge in [-0.3, -0.25) is 14.4 Å². The number of hydrogen-bond acceptors (Lipinski definition) is 6. The SMILES string of the molecule is CNC(C)C(=O)c1ccc(OC(=O)C(C)(C)C)c(OC(=O)C(C)(C)C)c1. The molecule has 1 unspecified atom stereocenters. The van der Waals surface area contributed by atoms with E-state index in [4.69, 9.17) is 9.47 Å². The van der Waals surface area contributed by atoms with Crippen molar-refractivity contribution in [3.63, 3.8) is 0 Å². The minimum Gasteiger partial charge on any atom is -0.422 e. The molecule has 0 amide bonds. The minimum atomic E-state index is -0.746. The fourth-order valence-corrected chi connectivity index (χ4v) is 1.71. The first-order valence-electron chi connectivity index (χ1n) is 8.57. The molecular weight excluding hydrogens is 334 g/mol. The molecule has 0 aromatic heterocycles. The molecule has 6 heteroatoms. The van der Waals surface area contributed by atoms with Crippen LogP contribution in [0.1, 0.15) is 58.8 Å². The number of likely N-dealkylation sites (N-methyl/N-ethyl adjacent to an activating group) is 1. The molecule has 1 rings (SSSR count). The number of hydrogen-bond donors (Lipinski definition) is 1. The van der Waals surface area contributed by atoms with Crippen molar-refractivity contribution in [3.8, 4) is 11.5 Å². The Labute approximate surface area is 155 Å². The van der Waals surface area contributed by atoms with Gasteiger partial charge in [-0.05, 0) is 73.7 Å². The third kappa shape index (κ3) is 5.66. The van der Waals surface area contributed by atoms with Gasteiger partial charge in [0.15, 0.2) is 17.3 Å². The second kappa shape index (κ2) is 7.99. The van der Waals surface area contributed by atoms with Gasteiger partial charge in [-0.25, -0.2) is 0 Å². The van der Waals surface area contributed by atoms with E-state index >= 15 is 0 Å². The van der Waals surface area contributed by atoms with Gasteiger partial charge in [0, 0.05) is 5.56 Å². The van der Waals surface area contributed by atoms with Crippen molar-refractivity contribution in [2.75, 3.05) is 7.05 Å². The first-order chi connectivity index (χ1) is 11.8. The van der Waals surface area contributed by atoms with E-state index < -0.39 is 28.8 Å². The molecule has 0 fully saturated rings. The van der Waals surface area contributed by atoms with Crippen molar-refractivity contribution in [1.29, 1.82) is 0 Å². The van der Waals surface area contributed by atoms with Crippen LogP contribution in [0.25, 0.3) is 0 Å². The highest BCUT2D eigenvalue weighted by Crippen LogP contribution is 2.32. The van der Waals surface area contributed by atoms with Crippen LogP contribution in [0.3, 0.4) is 0 Å². The molecule has 0 aliphatic heterocycles. The summed E-state index contributed by atoms with van der Waals surface area (Å²) in [5.41, 5.74) is -1.11. The molecule has 0 aliphatic carbocycles. The third-order valence-electron chi connectivity index (χ3n) is 3.68. The van der Waals surface area contributed by atoms with Crippen LogP contribution in [0.5, 0.6) is 11.5 Å². The summed E-state index contributed by atoms with van der Waals surface area (Å²) >= 11 is 0. The summed E-state index contributed by atoms with van der Waals surface area (Å²) in [6, 6.07) is 4.06. The molecule has 0 saturated heterocycles. The van der Waals surface area contributed by atoms with Gasteiger partial charge >= 0.3 is 11.9 Å². The Kier molecular flexibility index (Phi) is 6.71. The maximum absolute atomic E-state index is 12.4. The molecule has 0 radical (unpaired) electrons. The predicted molar refractivity (Wildman–Crippen MR) is 99.5 cm³/mol. The molecule has 1 atom stereocenters. The summed E-state index contributed by atoms with van der Waals surface area (Å²) < 4.78 is 10.8. The summed E-state index contributed by atoms with van der Waals surface area (Å²) in [5, 5.41) is 2.87. The van der Waals surface area contributed by atoms with Crippen molar-refractivity contribution in [2.24, 2.45) is 10.8 Å². The van der Waals surface area contributed by atoms with Crippen LogP contribution >= 0.6 is 0 Å². The first-order valence-corrected chi connectivity index (χ1v) is 8.57. The Morgan fingerprint density at radius 3 is 1.77 bits per heavy atom. The van der Waals surface area contributed by atoms with E-state index in [1.165, 1.54) is 12.1 Å². The monoisotopic (exact) mass is 363 g/mol. The Morgan fingerprint density at radius 1 is 0.885 bits per heavy atom. The zero-order valence-electron chi connectivity index (χ0n) is 16.9. The molecule has 1 aromatic rings. The van der Waals surface area contributed by atoms with Crippen molar-refractivity contribution in [3.05, 3.63) is 23.8 Å². The summed E-state index contributed by atoms with van der Waals surface area (Å²) in [4.78, 5) is 36.9. The van der Waals surface area contributed by atoms with Crippen LogP contribution in [0.2, 0.25) is 0 Å². The van der Waals surface area contributed by atoms with Gasteiger partial charge in [-0.15, -0.1) is 0 Å². The number of carbonyl (C=O) groups is 3. The smallest absolute Gasteiger partial charge is 0.316 e. The number of ketones is 1. The van der Waals surface area contributed by atoms with Crippen molar-refractivity contribution in [1.82, 2.24) is 5.32 Å². The van der Waals surface area contributed by atoms with Crippen LogP contribution < -0.4 is 14.8 Å². The standard InChI is InChI=1S/C20H29NO5/c1-12(21-8)16(22)13-9-10-14(25-17(23)19(2,3)4)15(11-13)26-18(24)20(5,6)7/h9-12,21H,1-8H3. The molecular formula is C20H29NO5. The van der Waals surface area contributed by atoms with Gasteiger partial charge in [0.2, 0.25) is 0 Å². The fraction of sp³-hybridized carbons (Fsp3) is 0.550. The lowest BCUT2D eigenvalue weighted by atomic mass is 9.97. The largest absolute Gasteiger partial charge is 0.422 e.